The number of hydrogen-bond acceptors (Lipinski definition) is 5. The molecule has 5 rings (SSSR count). The van der Waals surface area contributed by atoms with Gasteiger partial charge in [0.25, 0.3) is 5.56 Å². The first-order valence-corrected chi connectivity index (χ1v) is 12.1. The number of rotatable bonds is 5. The van der Waals surface area contributed by atoms with Gasteiger partial charge in [-0.3, -0.25) is 9.59 Å². The number of para-hydroxylation sites is 1. The summed E-state index contributed by atoms with van der Waals surface area (Å²) in [6, 6.07) is 10.8. The molecule has 3 aliphatic heterocycles. The third-order valence-electron chi connectivity index (χ3n) is 5.81. The Balaban J connectivity index is 1.47. The van der Waals surface area contributed by atoms with E-state index in [0.717, 1.165) is 48.9 Å². The second-order valence-electron chi connectivity index (χ2n) is 8.11. The van der Waals surface area contributed by atoms with Crippen LogP contribution in [0.4, 0.5) is 18.9 Å². The molecule has 0 spiro atoms. The smallest absolute Gasteiger partial charge is 0.284 e. The van der Waals surface area contributed by atoms with Crippen LogP contribution in [-0.2, 0) is 17.8 Å². The molecular formula is C24H20F3N5O2S. The van der Waals surface area contributed by atoms with Crippen LogP contribution in [0.15, 0.2) is 52.4 Å². The predicted molar refractivity (Wildman–Crippen MR) is 125 cm³/mol. The van der Waals surface area contributed by atoms with E-state index >= 15 is 0 Å². The van der Waals surface area contributed by atoms with Crippen LogP contribution in [0.3, 0.4) is 0 Å². The minimum Gasteiger partial charge on any atom is -0.324 e. The molecule has 2 aromatic carbocycles. The predicted octanol–water partition coefficient (Wildman–Crippen LogP) is 4.41. The maximum absolute atomic E-state index is 13.9. The van der Waals surface area contributed by atoms with Gasteiger partial charge in [-0.05, 0) is 43.5 Å². The SMILES string of the molecule is O=C(CSc1nc2nn(-c3ccccc3)c(=O)c-2c2n1CCCCC2)Nc1ccc(F)c(F)c1F. The van der Waals surface area contributed by atoms with Crippen molar-refractivity contribution in [2.24, 2.45) is 0 Å². The number of anilines is 1. The van der Waals surface area contributed by atoms with Crippen molar-refractivity contribution in [2.45, 2.75) is 37.4 Å². The zero-order chi connectivity index (χ0) is 24.5. The molecule has 0 aromatic heterocycles. The average molecular weight is 500 g/mol. The monoisotopic (exact) mass is 499 g/mol. The Morgan fingerprint density at radius 2 is 1.83 bits per heavy atom. The number of amides is 1. The standard InChI is InChI=1S/C24H20F3N5O2S/c25-15-10-11-16(21(27)20(15)26)28-18(33)13-35-24-29-22-19(17-9-5-2-6-12-31(17)24)23(34)32(30-22)14-7-3-1-4-8-14/h1,3-4,7-8,10-11H,2,5-6,9,12-13H2,(H,28,33). The number of fused-ring (bicyclic) bond motifs is 3. The first kappa shape index (κ1) is 23.2. The Labute approximate surface area is 202 Å². The summed E-state index contributed by atoms with van der Waals surface area (Å²) in [7, 11) is 0. The second kappa shape index (κ2) is 9.57. The Hall–Kier alpha value is -3.60. The molecule has 0 fully saturated rings. The molecule has 0 unspecified atom stereocenters. The lowest BCUT2D eigenvalue weighted by Gasteiger charge is -2.17. The molecule has 2 aromatic rings. The molecule has 180 valence electrons. The van der Waals surface area contributed by atoms with Gasteiger partial charge in [-0.15, -0.1) is 5.10 Å². The maximum atomic E-state index is 13.9. The molecule has 11 heteroatoms. The van der Waals surface area contributed by atoms with Gasteiger partial charge < -0.3 is 9.88 Å². The number of nitrogens with zero attached hydrogens (tertiary/aromatic N) is 4. The van der Waals surface area contributed by atoms with Gasteiger partial charge in [-0.25, -0.2) is 18.2 Å². The number of benzene rings is 2. The molecule has 3 heterocycles. The molecule has 0 bridgehead atoms. The van der Waals surface area contributed by atoms with Crippen molar-refractivity contribution < 1.29 is 18.0 Å². The van der Waals surface area contributed by atoms with Gasteiger partial charge in [-0.1, -0.05) is 36.4 Å². The lowest BCUT2D eigenvalue weighted by molar-refractivity contribution is -0.113. The highest BCUT2D eigenvalue weighted by molar-refractivity contribution is 7.99. The van der Waals surface area contributed by atoms with Crippen molar-refractivity contribution in [3.63, 3.8) is 0 Å². The van der Waals surface area contributed by atoms with E-state index in [4.69, 9.17) is 0 Å². The van der Waals surface area contributed by atoms with Crippen LogP contribution in [0, 0.1) is 17.5 Å². The number of thioether (sulfide) groups is 1. The Bertz CT molecular complexity index is 1440. The van der Waals surface area contributed by atoms with Crippen LogP contribution in [-0.4, -0.2) is 31.0 Å². The van der Waals surface area contributed by atoms with E-state index in [-0.39, 0.29) is 11.3 Å². The Morgan fingerprint density at radius 3 is 2.63 bits per heavy atom. The molecule has 7 nitrogen and oxygen atoms in total. The van der Waals surface area contributed by atoms with Gasteiger partial charge in [0, 0.05) is 12.2 Å². The fraction of sp³-hybridized carbons (Fsp3) is 0.250. The van der Waals surface area contributed by atoms with E-state index in [1.165, 1.54) is 4.68 Å². The molecular weight excluding hydrogens is 479 g/mol. The van der Waals surface area contributed by atoms with E-state index in [2.05, 4.69) is 15.4 Å². The number of carbonyl (C=O) groups is 1. The average Bonchev–Trinajstić information content (AvgIpc) is 3.03. The van der Waals surface area contributed by atoms with Crippen molar-refractivity contribution in [3.05, 3.63) is 76.0 Å². The molecule has 3 aliphatic rings. The van der Waals surface area contributed by atoms with Gasteiger partial charge >= 0.3 is 0 Å². The summed E-state index contributed by atoms with van der Waals surface area (Å²) in [5.74, 6) is -4.91. The van der Waals surface area contributed by atoms with Crippen LogP contribution in [0.25, 0.3) is 17.1 Å². The number of carbonyl (C=O) groups excluding carboxylic acids is 1. The van der Waals surface area contributed by atoms with Crippen molar-refractivity contribution in [2.75, 3.05) is 11.1 Å². The highest BCUT2D eigenvalue weighted by atomic mass is 32.2. The fourth-order valence-corrected chi connectivity index (χ4v) is 4.99. The zero-order valence-electron chi connectivity index (χ0n) is 18.4. The van der Waals surface area contributed by atoms with Crippen LogP contribution in [0.2, 0.25) is 0 Å². The topological polar surface area (TPSA) is 81.8 Å². The lowest BCUT2D eigenvalue weighted by atomic mass is 10.1. The lowest BCUT2D eigenvalue weighted by Crippen LogP contribution is -2.20. The normalized spacial score (nSPS) is 13.5. The maximum Gasteiger partial charge on any atom is 0.284 e. The van der Waals surface area contributed by atoms with Crippen molar-refractivity contribution >= 4 is 23.4 Å². The zero-order valence-corrected chi connectivity index (χ0v) is 19.2. The summed E-state index contributed by atoms with van der Waals surface area (Å²) in [4.78, 5) is 30.3. The molecule has 0 saturated heterocycles. The number of halogens is 3. The van der Waals surface area contributed by atoms with Crippen LogP contribution >= 0.6 is 11.8 Å². The number of hydrogen-bond donors (Lipinski definition) is 1. The molecule has 0 radical (unpaired) electrons. The van der Waals surface area contributed by atoms with Gasteiger partial charge in [-0.2, -0.15) is 4.68 Å². The molecule has 35 heavy (non-hydrogen) atoms. The van der Waals surface area contributed by atoms with E-state index in [0.29, 0.717) is 35.2 Å². The number of nitrogens with one attached hydrogen (secondary N) is 1. The van der Waals surface area contributed by atoms with Crippen molar-refractivity contribution in [3.8, 4) is 17.1 Å². The molecule has 1 amide bonds. The summed E-state index contributed by atoms with van der Waals surface area (Å²) in [6.07, 6.45) is 3.47. The first-order valence-electron chi connectivity index (χ1n) is 11.1. The molecule has 0 atom stereocenters. The Kier molecular flexibility index (Phi) is 6.33. The highest BCUT2D eigenvalue weighted by Crippen LogP contribution is 2.30. The summed E-state index contributed by atoms with van der Waals surface area (Å²) in [5.41, 5.74) is 1.24. The van der Waals surface area contributed by atoms with E-state index in [1.807, 2.05) is 22.8 Å². The largest absolute Gasteiger partial charge is 0.324 e. The minimum atomic E-state index is -1.65. The van der Waals surface area contributed by atoms with Crippen molar-refractivity contribution in [1.29, 1.82) is 0 Å². The van der Waals surface area contributed by atoms with E-state index in [9.17, 15) is 22.8 Å². The third-order valence-corrected chi connectivity index (χ3v) is 6.79. The third kappa shape index (κ3) is 4.43. The molecule has 1 N–H and O–H groups in total. The molecule has 0 aliphatic carbocycles. The highest BCUT2D eigenvalue weighted by Gasteiger charge is 2.27. The van der Waals surface area contributed by atoms with Gasteiger partial charge in [0.1, 0.15) is 5.56 Å². The van der Waals surface area contributed by atoms with Crippen LogP contribution in [0.5, 0.6) is 0 Å². The summed E-state index contributed by atoms with van der Waals surface area (Å²) >= 11 is 1.11. The fourth-order valence-electron chi connectivity index (χ4n) is 4.15. The molecule has 0 saturated carbocycles. The second-order valence-corrected chi connectivity index (χ2v) is 9.06. The Morgan fingerprint density at radius 1 is 1.03 bits per heavy atom. The first-order chi connectivity index (χ1) is 16.9. The summed E-state index contributed by atoms with van der Waals surface area (Å²) in [6.45, 7) is 0.635. The minimum absolute atomic E-state index is 0.153. The van der Waals surface area contributed by atoms with Crippen LogP contribution < -0.4 is 10.9 Å². The van der Waals surface area contributed by atoms with Gasteiger partial charge in [0.15, 0.2) is 28.4 Å². The van der Waals surface area contributed by atoms with E-state index < -0.39 is 29.0 Å². The van der Waals surface area contributed by atoms with Gasteiger partial charge in [0.05, 0.1) is 17.1 Å². The summed E-state index contributed by atoms with van der Waals surface area (Å²) in [5, 5.41) is 7.22. The van der Waals surface area contributed by atoms with E-state index in [1.54, 1.807) is 12.1 Å². The van der Waals surface area contributed by atoms with Gasteiger partial charge in [0.2, 0.25) is 5.91 Å². The van der Waals surface area contributed by atoms with Crippen LogP contribution in [0.1, 0.15) is 25.0 Å². The van der Waals surface area contributed by atoms with Crippen molar-refractivity contribution in [1.82, 2.24) is 19.3 Å². The number of aromatic nitrogens is 4. The quantitative estimate of drug-likeness (QED) is 0.250. The summed E-state index contributed by atoms with van der Waals surface area (Å²) < 4.78 is 43.8.